The normalized spacial score (nSPS) is 10.5. The number of thiazole rings is 1. The number of hydrogen-bond acceptors (Lipinski definition) is 6. The molecule has 0 atom stereocenters. The summed E-state index contributed by atoms with van der Waals surface area (Å²) in [5.41, 5.74) is 3.82. The molecule has 0 aliphatic carbocycles. The number of carbonyl (C=O) groups is 2. The molecule has 4 aromatic rings. The summed E-state index contributed by atoms with van der Waals surface area (Å²) in [5.74, 6) is 0.288. The molecule has 2 amide bonds. The second kappa shape index (κ2) is 9.11. The quantitative estimate of drug-likeness (QED) is 0.396. The van der Waals surface area contributed by atoms with Crippen LogP contribution in [0.15, 0.2) is 65.4 Å². The van der Waals surface area contributed by atoms with E-state index in [1.165, 1.54) is 22.7 Å². The zero-order chi connectivity index (χ0) is 21.8. The van der Waals surface area contributed by atoms with Crippen molar-refractivity contribution >= 4 is 45.3 Å². The Kier molecular flexibility index (Phi) is 6.11. The van der Waals surface area contributed by atoms with E-state index < -0.39 is 0 Å². The van der Waals surface area contributed by atoms with Gasteiger partial charge in [-0.15, -0.1) is 22.7 Å². The molecule has 0 bridgehead atoms. The Morgan fingerprint density at radius 1 is 0.968 bits per heavy atom. The molecule has 156 valence electrons. The van der Waals surface area contributed by atoms with E-state index in [0.717, 1.165) is 22.6 Å². The van der Waals surface area contributed by atoms with Crippen molar-refractivity contribution in [3.8, 4) is 17.0 Å². The first-order chi connectivity index (χ1) is 15.0. The number of aryl methyl sites for hydroxylation is 1. The first kappa shape index (κ1) is 20.8. The molecular formula is C23H19N3O3S2. The molecule has 0 radical (unpaired) electrons. The van der Waals surface area contributed by atoms with Crippen molar-refractivity contribution in [1.82, 2.24) is 4.98 Å². The summed E-state index contributed by atoms with van der Waals surface area (Å²) in [4.78, 5) is 29.9. The third-order valence-electron chi connectivity index (χ3n) is 4.51. The maximum atomic E-state index is 12.6. The molecule has 0 spiro atoms. The second-order valence-corrected chi connectivity index (χ2v) is 8.51. The van der Waals surface area contributed by atoms with Gasteiger partial charge in [-0.3, -0.25) is 14.9 Å². The highest BCUT2D eigenvalue weighted by Crippen LogP contribution is 2.33. The Bertz CT molecular complexity index is 1220. The van der Waals surface area contributed by atoms with Crippen molar-refractivity contribution in [1.29, 1.82) is 0 Å². The van der Waals surface area contributed by atoms with E-state index >= 15 is 0 Å². The van der Waals surface area contributed by atoms with Crippen LogP contribution in [0.1, 0.15) is 25.6 Å². The lowest BCUT2D eigenvalue weighted by Gasteiger charge is -2.07. The molecule has 0 saturated carbocycles. The average Bonchev–Trinajstić information content (AvgIpc) is 3.47. The topological polar surface area (TPSA) is 80.3 Å². The van der Waals surface area contributed by atoms with Gasteiger partial charge in [-0.05, 0) is 54.8 Å². The number of rotatable bonds is 6. The molecule has 2 aromatic carbocycles. The van der Waals surface area contributed by atoms with Gasteiger partial charge >= 0.3 is 0 Å². The fraction of sp³-hybridized carbons (Fsp3) is 0.0870. The maximum Gasteiger partial charge on any atom is 0.265 e. The second-order valence-electron chi connectivity index (χ2n) is 6.70. The number of anilines is 2. The van der Waals surface area contributed by atoms with E-state index in [1.54, 1.807) is 37.4 Å². The molecule has 0 unspecified atom stereocenters. The monoisotopic (exact) mass is 449 g/mol. The standard InChI is InChI=1S/C23H19N3O3S2/c1-14-5-10-19(29-2)17(12-14)18-13-31-23(25-18)26-21(27)15-6-8-16(9-7-15)24-22(28)20-4-3-11-30-20/h3-13H,1-2H3,(H,24,28)(H,25,26,27). The Morgan fingerprint density at radius 3 is 2.48 bits per heavy atom. The van der Waals surface area contributed by atoms with E-state index in [9.17, 15) is 9.59 Å². The third kappa shape index (κ3) is 4.82. The van der Waals surface area contributed by atoms with Crippen molar-refractivity contribution in [3.05, 3.63) is 81.4 Å². The Hall–Kier alpha value is -3.49. The van der Waals surface area contributed by atoms with Crippen LogP contribution in [-0.4, -0.2) is 23.9 Å². The van der Waals surface area contributed by atoms with Crippen LogP contribution in [0.2, 0.25) is 0 Å². The molecule has 8 heteroatoms. The molecule has 0 aliphatic heterocycles. The fourth-order valence-electron chi connectivity index (χ4n) is 2.95. The van der Waals surface area contributed by atoms with Crippen molar-refractivity contribution in [2.75, 3.05) is 17.7 Å². The number of methoxy groups -OCH3 is 1. The number of ether oxygens (including phenoxy) is 1. The van der Waals surface area contributed by atoms with Crippen LogP contribution in [0.5, 0.6) is 5.75 Å². The summed E-state index contributed by atoms with van der Waals surface area (Å²) in [7, 11) is 1.62. The number of hydrogen-bond donors (Lipinski definition) is 2. The lowest BCUT2D eigenvalue weighted by atomic mass is 10.1. The van der Waals surface area contributed by atoms with E-state index in [4.69, 9.17) is 4.74 Å². The molecule has 31 heavy (non-hydrogen) atoms. The fourth-order valence-corrected chi connectivity index (χ4v) is 4.28. The van der Waals surface area contributed by atoms with Gasteiger partial charge in [0.25, 0.3) is 11.8 Å². The van der Waals surface area contributed by atoms with Crippen LogP contribution in [-0.2, 0) is 0 Å². The van der Waals surface area contributed by atoms with Crippen molar-refractivity contribution < 1.29 is 14.3 Å². The summed E-state index contributed by atoms with van der Waals surface area (Å²) < 4.78 is 5.42. The van der Waals surface area contributed by atoms with Gasteiger partial charge in [0.15, 0.2) is 5.13 Å². The van der Waals surface area contributed by atoms with Crippen LogP contribution in [0.3, 0.4) is 0 Å². The van der Waals surface area contributed by atoms with Crippen molar-refractivity contribution in [2.24, 2.45) is 0 Å². The van der Waals surface area contributed by atoms with Gasteiger partial charge in [0.05, 0.1) is 17.7 Å². The zero-order valence-electron chi connectivity index (χ0n) is 16.8. The van der Waals surface area contributed by atoms with Gasteiger partial charge in [-0.25, -0.2) is 4.98 Å². The molecule has 2 aromatic heterocycles. The third-order valence-corrected chi connectivity index (χ3v) is 6.13. The number of aromatic nitrogens is 1. The molecule has 0 saturated heterocycles. The molecule has 2 N–H and O–H groups in total. The summed E-state index contributed by atoms with van der Waals surface area (Å²) >= 11 is 2.72. The predicted molar refractivity (Wildman–Crippen MR) is 126 cm³/mol. The van der Waals surface area contributed by atoms with E-state index in [-0.39, 0.29) is 11.8 Å². The highest BCUT2D eigenvalue weighted by atomic mass is 32.1. The van der Waals surface area contributed by atoms with Gasteiger partial charge in [-0.2, -0.15) is 0 Å². The summed E-state index contributed by atoms with van der Waals surface area (Å²) in [6, 6.07) is 16.2. The number of nitrogens with zero attached hydrogens (tertiary/aromatic N) is 1. The molecule has 0 aliphatic rings. The summed E-state index contributed by atoms with van der Waals surface area (Å²) in [5, 5.41) is 9.87. The molecule has 4 rings (SSSR count). The van der Waals surface area contributed by atoms with Gasteiger partial charge in [-0.1, -0.05) is 17.7 Å². The van der Waals surface area contributed by atoms with Crippen molar-refractivity contribution in [2.45, 2.75) is 6.92 Å². The molecule has 0 fully saturated rings. The highest BCUT2D eigenvalue weighted by Gasteiger charge is 2.13. The Morgan fingerprint density at radius 2 is 1.77 bits per heavy atom. The maximum absolute atomic E-state index is 12.6. The minimum absolute atomic E-state index is 0.172. The van der Waals surface area contributed by atoms with E-state index in [2.05, 4.69) is 15.6 Å². The first-order valence-corrected chi connectivity index (χ1v) is 11.2. The lowest BCUT2D eigenvalue weighted by Crippen LogP contribution is -2.13. The molecule has 2 heterocycles. The van der Waals surface area contributed by atoms with Gasteiger partial charge in [0, 0.05) is 22.2 Å². The molecular weight excluding hydrogens is 430 g/mol. The summed E-state index contributed by atoms with van der Waals surface area (Å²) in [6.45, 7) is 2.00. The van der Waals surface area contributed by atoms with Gasteiger partial charge in [0.1, 0.15) is 5.75 Å². The number of carbonyl (C=O) groups excluding carboxylic acids is 2. The van der Waals surface area contributed by atoms with Crippen molar-refractivity contribution in [3.63, 3.8) is 0 Å². The van der Waals surface area contributed by atoms with Crippen LogP contribution in [0.4, 0.5) is 10.8 Å². The smallest absolute Gasteiger partial charge is 0.265 e. The largest absolute Gasteiger partial charge is 0.496 e. The van der Waals surface area contributed by atoms with Crippen LogP contribution >= 0.6 is 22.7 Å². The zero-order valence-corrected chi connectivity index (χ0v) is 18.5. The van der Waals surface area contributed by atoms with Gasteiger partial charge in [0.2, 0.25) is 0 Å². The lowest BCUT2D eigenvalue weighted by molar-refractivity contribution is 0.102. The molecule has 6 nitrogen and oxygen atoms in total. The minimum atomic E-state index is -0.270. The van der Waals surface area contributed by atoms with Gasteiger partial charge < -0.3 is 10.1 Å². The Balaban J connectivity index is 1.43. The van der Waals surface area contributed by atoms with Crippen LogP contribution in [0, 0.1) is 6.92 Å². The number of amides is 2. The van der Waals surface area contributed by atoms with E-state index in [1.807, 2.05) is 41.9 Å². The van der Waals surface area contributed by atoms with E-state index in [0.29, 0.717) is 21.3 Å². The predicted octanol–water partition coefficient (Wildman–Crippen LogP) is 5.69. The number of thiophene rings is 1. The highest BCUT2D eigenvalue weighted by molar-refractivity contribution is 7.14. The SMILES string of the molecule is COc1ccc(C)cc1-c1csc(NC(=O)c2ccc(NC(=O)c3cccs3)cc2)n1. The van der Waals surface area contributed by atoms with Crippen LogP contribution < -0.4 is 15.4 Å². The summed E-state index contributed by atoms with van der Waals surface area (Å²) in [6.07, 6.45) is 0. The Labute approximate surface area is 187 Å². The number of benzene rings is 2. The first-order valence-electron chi connectivity index (χ1n) is 9.40. The number of nitrogens with one attached hydrogen (secondary N) is 2. The average molecular weight is 450 g/mol. The minimum Gasteiger partial charge on any atom is -0.496 e. The van der Waals surface area contributed by atoms with Crippen LogP contribution in [0.25, 0.3) is 11.3 Å².